The maximum Gasteiger partial charge on any atom is 0.328 e. The number of carboxylic acid groups (broad SMARTS) is 1. The molecular formula is C12H20N2O5. The third-order valence-electron chi connectivity index (χ3n) is 3.50. The lowest BCUT2D eigenvalue weighted by molar-refractivity contribution is -0.148. The molecule has 19 heavy (non-hydrogen) atoms. The molecule has 1 atom stereocenters. The molecule has 1 fully saturated rings. The van der Waals surface area contributed by atoms with Crippen LogP contribution < -0.4 is 10.6 Å². The summed E-state index contributed by atoms with van der Waals surface area (Å²) in [6.07, 6.45) is 2.84. The van der Waals surface area contributed by atoms with Crippen LogP contribution in [-0.2, 0) is 14.3 Å². The highest BCUT2D eigenvalue weighted by Gasteiger charge is 2.41. The van der Waals surface area contributed by atoms with E-state index in [0.29, 0.717) is 12.8 Å². The smallest absolute Gasteiger partial charge is 0.328 e. The largest absolute Gasteiger partial charge is 0.481 e. The number of aliphatic carboxylic acids is 1. The lowest BCUT2D eigenvalue weighted by Crippen LogP contribution is -2.49. The molecule has 0 aromatic heterocycles. The van der Waals surface area contributed by atoms with Crippen LogP contribution in [0.2, 0.25) is 0 Å². The predicted octanol–water partition coefficient (Wildman–Crippen LogP) is 0.492. The molecule has 0 saturated heterocycles. The Labute approximate surface area is 111 Å². The van der Waals surface area contributed by atoms with Crippen LogP contribution in [-0.4, -0.2) is 42.8 Å². The normalized spacial score (nSPS) is 18.4. The molecule has 7 heteroatoms. The van der Waals surface area contributed by atoms with Crippen LogP contribution in [0.25, 0.3) is 0 Å². The van der Waals surface area contributed by atoms with Crippen molar-refractivity contribution in [1.82, 2.24) is 10.6 Å². The summed E-state index contributed by atoms with van der Waals surface area (Å²) in [5, 5.41) is 14.2. The Morgan fingerprint density at radius 1 is 1.32 bits per heavy atom. The van der Waals surface area contributed by atoms with Gasteiger partial charge in [0.1, 0.15) is 6.04 Å². The average Bonchev–Trinajstić information content (AvgIpc) is 2.85. The molecule has 3 N–H and O–H groups in total. The van der Waals surface area contributed by atoms with E-state index in [9.17, 15) is 19.5 Å². The van der Waals surface area contributed by atoms with Crippen molar-refractivity contribution in [3.05, 3.63) is 0 Å². The van der Waals surface area contributed by atoms with E-state index in [2.05, 4.69) is 15.4 Å². The summed E-state index contributed by atoms with van der Waals surface area (Å²) in [4.78, 5) is 34.0. The number of hydrogen-bond donors (Lipinski definition) is 3. The predicted molar refractivity (Wildman–Crippen MR) is 66.5 cm³/mol. The number of rotatable bonds is 5. The molecule has 1 aliphatic carbocycles. The summed E-state index contributed by atoms with van der Waals surface area (Å²) in [6.45, 7) is 1.57. The SMILES string of the molecule is COC(=O)C(C)NC(=O)NCC1(C(=O)O)CCCC1. The molecule has 1 saturated carbocycles. The van der Waals surface area contributed by atoms with E-state index in [0.717, 1.165) is 12.8 Å². The number of carboxylic acids is 1. The third kappa shape index (κ3) is 3.84. The quantitative estimate of drug-likeness (QED) is 0.632. The van der Waals surface area contributed by atoms with Crippen LogP contribution in [0.4, 0.5) is 4.79 Å². The minimum absolute atomic E-state index is 0.0715. The van der Waals surface area contributed by atoms with E-state index in [1.54, 1.807) is 0 Å². The van der Waals surface area contributed by atoms with Crippen molar-refractivity contribution in [1.29, 1.82) is 0 Å². The maximum absolute atomic E-state index is 11.6. The molecule has 0 aliphatic heterocycles. The highest BCUT2D eigenvalue weighted by atomic mass is 16.5. The van der Waals surface area contributed by atoms with Crippen LogP contribution in [0, 0.1) is 5.41 Å². The van der Waals surface area contributed by atoms with Gasteiger partial charge in [-0.1, -0.05) is 12.8 Å². The molecule has 7 nitrogen and oxygen atoms in total. The summed E-state index contributed by atoms with van der Waals surface area (Å²) < 4.78 is 4.47. The molecule has 0 aromatic rings. The second-order valence-corrected chi connectivity index (χ2v) is 4.86. The zero-order chi connectivity index (χ0) is 14.5. The molecule has 1 unspecified atom stereocenters. The molecule has 0 aromatic carbocycles. The van der Waals surface area contributed by atoms with Gasteiger partial charge in [-0.3, -0.25) is 4.79 Å². The number of nitrogens with one attached hydrogen (secondary N) is 2. The zero-order valence-electron chi connectivity index (χ0n) is 11.2. The Morgan fingerprint density at radius 2 is 1.89 bits per heavy atom. The number of ether oxygens (including phenoxy) is 1. The van der Waals surface area contributed by atoms with Gasteiger partial charge in [-0.25, -0.2) is 9.59 Å². The second-order valence-electron chi connectivity index (χ2n) is 4.86. The summed E-state index contributed by atoms with van der Waals surface area (Å²) in [5.74, 6) is -1.43. The van der Waals surface area contributed by atoms with Gasteiger partial charge in [0, 0.05) is 6.54 Å². The fourth-order valence-electron chi connectivity index (χ4n) is 2.25. The average molecular weight is 272 g/mol. The van der Waals surface area contributed by atoms with Gasteiger partial charge in [0.05, 0.1) is 12.5 Å². The Morgan fingerprint density at radius 3 is 2.37 bits per heavy atom. The molecule has 0 heterocycles. The fourth-order valence-corrected chi connectivity index (χ4v) is 2.25. The number of carbonyl (C=O) groups is 3. The second kappa shape index (κ2) is 6.40. The number of hydrogen-bond acceptors (Lipinski definition) is 4. The van der Waals surface area contributed by atoms with Crippen LogP contribution >= 0.6 is 0 Å². The molecule has 108 valence electrons. The highest BCUT2D eigenvalue weighted by Crippen LogP contribution is 2.37. The topological polar surface area (TPSA) is 105 Å². The van der Waals surface area contributed by atoms with Gasteiger partial charge in [0.25, 0.3) is 0 Å². The van der Waals surface area contributed by atoms with E-state index in [1.165, 1.54) is 14.0 Å². The van der Waals surface area contributed by atoms with Gasteiger partial charge in [-0.2, -0.15) is 0 Å². The van der Waals surface area contributed by atoms with Gasteiger partial charge in [-0.05, 0) is 19.8 Å². The Balaban J connectivity index is 2.45. The Kier molecular flexibility index (Phi) is 5.14. The monoisotopic (exact) mass is 272 g/mol. The van der Waals surface area contributed by atoms with Crippen LogP contribution in [0.1, 0.15) is 32.6 Å². The van der Waals surface area contributed by atoms with E-state index in [4.69, 9.17) is 0 Å². The van der Waals surface area contributed by atoms with E-state index >= 15 is 0 Å². The van der Waals surface area contributed by atoms with Crippen LogP contribution in [0.5, 0.6) is 0 Å². The summed E-state index contributed by atoms with van der Waals surface area (Å²) in [7, 11) is 1.23. The highest BCUT2D eigenvalue weighted by molar-refractivity contribution is 5.83. The summed E-state index contributed by atoms with van der Waals surface area (Å²) in [5.41, 5.74) is -0.869. The van der Waals surface area contributed by atoms with Gasteiger partial charge in [0.2, 0.25) is 0 Å². The lowest BCUT2D eigenvalue weighted by atomic mass is 9.86. The van der Waals surface area contributed by atoms with Gasteiger partial charge < -0.3 is 20.5 Å². The first-order chi connectivity index (χ1) is 8.91. The van der Waals surface area contributed by atoms with Crippen molar-refractivity contribution in [2.75, 3.05) is 13.7 Å². The molecule has 0 spiro atoms. The van der Waals surface area contributed by atoms with Crippen molar-refractivity contribution in [3.8, 4) is 0 Å². The fraction of sp³-hybridized carbons (Fsp3) is 0.750. The van der Waals surface area contributed by atoms with Gasteiger partial charge in [0.15, 0.2) is 0 Å². The molecular weight excluding hydrogens is 252 g/mol. The minimum atomic E-state index is -0.883. The van der Waals surface area contributed by atoms with Crippen molar-refractivity contribution in [3.63, 3.8) is 0 Å². The molecule has 0 bridgehead atoms. The standard InChI is InChI=1S/C12H20N2O5/c1-8(9(15)19-2)14-11(18)13-7-12(10(16)17)5-3-4-6-12/h8H,3-7H2,1-2H3,(H,16,17)(H2,13,14,18). The van der Waals surface area contributed by atoms with Crippen molar-refractivity contribution >= 4 is 18.0 Å². The van der Waals surface area contributed by atoms with E-state index in [-0.39, 0.29) is 6.54 Å². The zero-order valence-corrected chi connectivity index (χ0v) is 11.2. The Bertz CT molecular complexity index is 363. The maximum atomic E-state index is 11.6. The lowest BCUT2D eigenvalue weighted by Gasteiger charge is -2.24. The first-order valence-electron chi connectivity index (χ1n) is 6.27. The summed E-state index contributed by atoms with van der Waals surface area (Å²) in [6, 6.07) is -1.33. The van der Waals surface area contributed by atoms with Crippen molar-refractivity contribution in [2.45, 2.75) is 38.6 Å². The molecule has 2 amide bonds. The van der Waals surface area contributed by atoms with Crippen LogP contribution in [0.15, 0.2) is 0 Å². The van der Waals surface area contributed by atoms with Crippen molar-refractivity contribution in [2.24, 2.45) is 5.41 Å². The van der Waals surface area contributed by atoms with Crippen molar-refractivity contribution < 1.29 is 24.2 Å². The van der Waals surface area contributed by atoms with E-state index in [1.807, 2.05) is 0 Å². The number of amides is 2. The number of urea groups is 1. The first kappa shape index (κ1) is 15.3. The van der Waals surface area contributed by atoms with E-state index < -0.39 is 29.4 Å². The van der Waals surface area contributed by atoms with Gasteiger partial charge >= 0.3 is 18.0 Å². The third-order valence-corrected chi connectivity index (χ3v) is 3.50. The van der Waals surface area contributed by atoms with Crippen LogP contribution in [0.3, 0.4) is 0 Å². The summed E-state index contributed by atoms with van der Waals surface area (Å²) >= 11 is 0. The Hall–Kier alpha value is -1.79. The first-order valence-corrected chi connectivity index (χ1v) is 6.27. The molecule has 1 rings (SSSR count). The van der Waals surface area contributed by atoms with Gasteiger partial charge in [-0.15, -0.1) is 0 Å². The number of methoxy groups -OCH3 is 1. The molecule has 1 aliphatic rings. The minimum Gasteiger partial charge on any atom is -0.481 e. The molecule has 0 radical (unpaired) electrons. The number of carbonyl (C=O) groups excluding carboxylic acids is 2. The number of esters is 1.